The van der Waals surface area contributed by atoms with Crippen LogP contribution in [-0.4, -0.2) is 131 Å². The fraction of sp³-hybridized carbons (Fsp3) is 0.557. The first kappa shape index (κ1) is 61.1. The van der Waals surface area contributed by atoms with E-state index < -0.39 is 130 Å². The number of hydrogen-bond acceptors (Lipinski definition) is 18. The first-order valence-electron chi connectivity index (χ1n) is 27.5. The standard InChI is InChI=1S/C61H78N2O17/c1-11-30-62-33-36(2)75-49-47-37(3)42(32-61(72,58(47,8)9)53(78-54(69)41-26-19-14-20-27-41)51-59(10,52(49)68)43(65)31-44-60(51,35-74-44)79-38(4)64)76-55(70)50(48(40-24-17-13-18-25-40)63-56(71)80-57(5,6)7)77-46(67)29-21-28-45(66)73-34-39-22-15-12-16-23-39/h12-20,22-27,36,42-44,48-51,53,62,65,72H,11,21,28-35H2,1-10H3,(H,63,71)/t36?,42-,43-,44+,48-,49+,50+,51-,53-,59+,60-,61+/m0/s1. The third kappa shape index (κ3) is 13.0. The lowest BCUT2D eigenvalue weighted by Crippen LogP contribution is -2.82. The molecule has 0 spiro atoms. The van der Waals surface area contributed by atoms with E-state index >= 15 is 9.59 Å². The highest BCUT2D eigenvalue weighted by Gasteiger charge is 2.78. The van der Waals surface area contributed by atoms with Gasteiger partial charge in [-0.2, -0.15) is 0 Å². The van der Waals surface area contributed by atoms with E-state index in [0.29, 0.717) is 12.1 Å². The summed E-state index contributed by atoms with van der Waals surface area (Å²) >= 11 is 0. The predicted octanol–water partition coefficient (Wildman–Crippen LogP) is 7.14. The van der Waals surface area contributed by atoms with E-state index in [0.717, 1.165) is 12.0 Å². The molecule has 2 bridgehead atoms. The van der Waals surface area contributed by atoms with Gasteiger partial charge in [0.05, 0.1) is 35.7 Å². The van der Waals surface area contributed by atoms with Crippen LogP contribution in [0.4, 0.5) is 4.79 Å². The molecule has 4 aliphatic rings. The molecule has 19 heteroatoms. The largest absolute Gasteiger partial charge is 0.461 e. The topological polar surface area (TPSA) is 258 Å². The summed E-state index contributed by atoms with van der Waals surface area (Å²) < 4.78 is 49.3. The van der Waals surface area contributed by atoms with Crippen molar-refractivity contribution < 1.29 is 81.7 Å². The Kier molecular flexibility index (Phi) is 19.2. The van der Waals surface area contributed by atoms with Gasteiger partial charge in [0.15, 0.2) is 11.4 Å². The van der Waals surface area contributed by atoms with Crippen molar-refractivity contribution in [2.45, 2.75) is 180 Å². The monoisotopic (exact) mass is 1110 g/mol. The molecule has 1 heterocycles. The number of ketones is 1. The average molecular weight is 1110 g/mol. The van der Waals surface area contributed by atoms with Gasteiger partial charge in [0.25, 0.3) is 0 Å². The highest BCUT2D eigenvalue weighted by molar-refractivity contribution is 5.94. The van der Waals surface area contributed by atoms with Gasteiger partial charge in [0, 0.05) is 44.6 Å². The molecule has 2 saturated carbocycles. The summed E-state index contributed by atoms with van der Waals surface area (Å²) in [5.74, 6) is -6.65. The van der Waals surface area contributed by atoms with E-state index in [4.69, 9.17) is 37.9 Å². The molecule has 3 fully saturated rings. The normalized spacial score (nSPS) is 27.9. The Balaban J connectivity index is 1.36. The maximum Gasteiger partial charge on any atom is 0.408 e. The maximum absolute atomic E-state index is 16.2. The Morgan fingerprint density at radius 1 is 0.875 bits per heavy atom. The molecular weight excluding hydrogens is 1030 g/mol. The van der Waals surface area contributed by atoms with Crippen molar-refractivity contribution in [2.24, 2.45) is 16.7 Å². The summed E-state index contributed by atoms with van der Waals surface area (Å²) in [4.78, 5) is 100. The zero-order valence-corrected chi connectivity index (χ0v) is 47.4. The van der Waals surface area contributed by atoms with Crippen LogP contribution in [0, 0.1) is 16.7 Å². The number of amides is 1. The molecule has 80 heavy (non-hydrogen) atoms. The molecule has 12 atom stereocenters. The van der Waals surface area contributed by atoms with E-state index in [1.807, 2.05) is 25.1 Å². The average Bonchev–Trinajstić information content (AvgIpc) is 3.40. The molecule has 1 unspecified atom stereocenters. The molecule has 0 aromatic heterocycles. The van der Waals surface area contributed by atoms with Gasteiger partial charge in [-0.1, -0.05) is 99.6 Å². The van der Waals surface area contributed by atoms with E-state index in [-0.39, 0.29) is 62.2 Å². The number of aliphatic hydroxyl groups is 2. The molecule has 3 aromatic rings. The molecule has 19 nitrogen and oxygen atoms in total. The summed E-state index contributed by atoms with van der Waals surface area (Å²) in [7, 11) is 0. The minimum Gasteiger partial charge on any atom is -0.461 e. The summed E-state index contributed by atoms with van der Waals surface area (Å²) in [6.07, 6.45) is -11.7. The first-order chi connectivity index (χ1) is 37.8. The number of nitrogens with one attached hydrogen (secondary N) is 2. The van der Waals surface area contributed by atoms with Crippen molar-refractivity contribution >= 4 is 41.7 Å². The van der Waals surface area contributed by atoms with Crippen LogP contribution in [0.1, 0.15) is 135 Å². The van der Waals surface area contributed by atoms with E-state index in [2.05, 4.69) is 10.6 Å². The van der Waals surface area contributed by atoms with Crippen LogP contribution in [0.15, 0.2) is 102 Å². The summed E-state index contributed by atoms with van der Waals surface area (Å²) in [5.41, 5.74) is -7.29. The van der Waals surface area contributed by atoms with E-state index in [9.17, 15) is 34.2 Å². The van der Waals surface area contributed by atoms with Gasteiger partial charge >= 0.3 is 35.9 Å². The number of carbonyl (C=O) groups excluding carboxylic acids is 7. The molecule has 7 rings (SSSR count). The molecule has 1 amide bonds. The van der Waals surface area contributed by atoms with Gasteiger partial charge in [-0.3, -0.25) is 19.2 Å². The van der Waals surface area contributed by atoms with Crippen molar-refractivity contribution in [3.8, 4) is 0 Å². The minimum atomic E-state index is -2.41. The number of Topliss-reactive ketones (excluding diaryl/α,β-unsaturated/α-hetero) is 1. The lowest BCUT2D eigenvalue weighted by molar-refractivity contribution is -0.346. The molecule has 434 valence electrons. The molecule has 1 aliphatic heterocycles. The second-order valence-electron chi connectivity index (χ2n) is 23.2. The number of carbonyl (C=O) groups is 7. The van der Waals surface area contributed by atoms with E-state index in [1.165, 1.54) is 26.0 Å². The summed E-state index contributed by atoms with van der Waals surface area (Å²) in [5, 5.41) is 32.7. The first-order valence-corrected chi connectivity index (χ1v) is 27.5. The van der Waals surface area contributed by atoms with Crippen molar-refractivity contribution in [3.63, 3.8) is 0 Å². The van der Waals surface area contributed by atoms with Crippen LogP contribution in [0.2, 0.25) is 0 Å². The van der Waals surface area contributed by atoms with Crippen molar-refractivity contribution in [3.05, 3.63) is 119 Å². The Labute approximate surface area is 467 Å². The lowest BCUT2D eigenvalue weighted by atomic mass is 9.44. The lowest BCUT2D eigenvalue weighted by Gasteiger charge is -2.67. The van der Waals surface area contributed by atoms with Gasteiger partial charge in [0.2, 0.25) is 6.10 Å². The van der Waals surface area contributed by atoms with Crippen LogP contribution < -0.4 is 10.6 Å². The highest BCUT2D eigenvalue weighted by atomic mass is 16.6. The van der Waals surface area contributed by atoms with Gasteiger partial charge in [0.1, 0.15) is 48.3 Å². The third-order valence-corrected chi connectivity index (χ3v) is 16.0. The molecule has 4 N–H and O–H groups in total. The van der Waals surface area contributed by atoms with E-state index in [1.54, 1.807) is 109 Å². The highest BCUT2D eigenvalue weighted by Crippen LogP contribution is 2.64. The smallest absolute Gasteiger partial charge is 0.408 e. The van der Waals surface area contributed by atoms with Crippen LogP contribution in [0.3, 0.4) is 0 Å². The zero-order valence-electron chi connectivity index (χ0n) is 47.4. The Bertz CT molecular complexity index is 2750. The van der Waals surface area contributed by atoms with Gasteiger partial charge in [-0.15, -0.1) is 0 Å². The maximum atomic E-state index is 16.2. The number of benzene rings is 3. The fourth-order valence-electron chi connectivity index (χ4n) is 11.9. The second kappa shape index (κ2) is 25.1. The van der Waals surface area contributed by atoms with Crippen molar-refractivity contribution in [2.75, 3.05) is 19.7 Å². The molecule has 3 aromatic carbocycles. The van der Waals surface area contributed by atoms with Crippen LogP contribution in [-0.2, 0) is 68.5 Å². The molecular formula is C61H78N2O17. The summed E-state index contributed by atoms with van der Waals surface area (Å²) in [6, 6.07) is 23.7. The van der Waals surface area contributed by atoms with Crippen LogP contribution in [0.25, 0.3) is 0 Å². The number of hydrogen-bond donors (Lipinski definition) is 4. The molecule has 0 radical (unpaired) electrons. The van der Waals surface area contributed by atoms with Gasteiger partial charge < -0.3 is 58.7 Å². The third-order valence-electron chi connectivity index (χ3n) is 16.0. The fourth-order valence-corrected chi connectivity index (χ4v) is 11.9. The Hall–Kier alpha value is -6.51. The zero-order chi connectivity index (χ0) is 58.4. The molecule has 1 saturated heterocycles. The SMILES string of the molecule is CCCNCC(C)O[C@H]1C(=O)[C@@]2(C)[C@H]([C@H](OC(=O)c3ccccc3)[C@]3(O)C[C@H](OC(=O)[C@H](OC(=O)CCCC(=O)OCc4ccccc4)[C@@H](NC(=O)OC(C)(C)C)c4ccccc4)C(C)=C1C3(C)C)[C@]1(OC(C)=O)CO[C@@H]1C[C@@H]2O. The van der Waals surface area contributed by atoms with Gasteiger partial charge in [-0.05, 0) is 95.3 Å². The number of aliphatic hydroxyl groups excluding tert-OH is 1. The van der Waals surface area contributed by atoms with Gasteiger partial charge in [-0.25, -0.2) is 14.4 Å². The number of fused-ring (bicyclic) bond motifs is 5. The predicted molar refractivity (Wildman–Crippen MR) is 289 cm³/mol. The van der Waals surface area contributed by atoms with Crippen molar-refractivity contribution in [1.29, 1.82) is 0 Å². The quantitative estimate of drug-likeness (QED) is 0.0358. The number of ether oxygens (including phenoxy) is 8. The Morgan fingerprint density at radius 3 is 2.10 bits per heavy atom. The second-order valence-corrected chi connectivity index (χ2v) is 23.2. The summed E-state index contributed by atoms with van der Waals surface area (Å²) in [6.45, 7) is 16.9. The Morgan fingerprint density at radius 2 is 1.50 bits per heavy atom. The minimum absolute atomic E-state index is 0.0204. The number of esters is 5. The van der Waals surface area contributed by atoms with Crippen LogP contribution in [0.5, 0.6) is 0 Å². The molecule has 3 aliphatic carbocycles. The van der Waals surface area contributed by atoms with Crippen LogP contribution >= 0.6 is 0 Å². The number of rotatable bonds is 21. The number of alkyl carbamates (subject to hydrolysis) is 1. The van der Waals surface area contributed by atoms with Crippen molar-refractivity contribution in [1.82, 2.24) is 10.6 Å².